The fourth-order valence-electron chi connectivity index (χ4n) is 5.33. The molecule has 39 heavy (non-hydrogen) atoms. The lowest BCUT2D eigenvalue weighted by Crippen LogP contribution is -2.49. The predicted octanol–water partition coefficient (Wildman–Crippen LogP) is 2.74. The van der Waals surface area contributed by atoms with Crippen LogP contribution in [-0.4, -0.2) is 48.8 Å². The molecule has 2 aliphatic rings. The molecule has 4 N–H and O–H groups in total. The van der Waals surface area contributed by atoms with Crippen molar-refractivity contribution in [2.45, 2.75) is 57.7 Å². The Bertz CT molecular complexity index is 1200. The van der Waals surface area contributed by atoms with Crippen LogP contribution in [0.1, 0.15) is 42.9 Å². The van der Waals surface area contributed by atoms with Gasteiger partial charge in [0, 0.05) is 32.1 Å². The van der Waals surface area contributed by atoms with Crippen LogP contribution in [0.25, 0.3) is 0 Å². The van der Waals surface area contributed by atoms with Crippen LogP contribution in [0.2, 0.25) is 0 Å². The zero-order chi connectivity index (χ0) is 27.8. The van der Waals surface area contributed by atoms with Crippen molar-refractivity contribution in [1.29, 1.82) is 0 Å². The van der Waals surface area contributed by atoms with Gasteiger partial charge in [-0.1, -0.05) is 31.2 Å². The third-order valence-electron chi connectivity index (χ3n) is 7.53. The van der Waals surface area contributed by atoms with Gasteiger partial charge >= 0.3 is 0 Å². The lowest BCUT2D eigenvalue weighted by molar-refractivity contribution is -0.128. The van der Waals surface area contributed by atoms with Crippen LogP contribution in [0, 0.1) is 35.9 Å². The molecule has 8 heteroatoms. The van der Waals surface area contributed by atoms with Crippen LogP contribution in [0.3, 0.4) is 0 Å². The van der Waals surface area contributed by atoms with E-state index in [1.807, 2.05) is 12.1 Å². The number of aliphatic hydroxyl groups is 1. The number of benzene rings is 2. The van der Waals surface area contributed by atoms with Gasteiger partial charge in [-0.3, -0.25) is 9.59 Å². The Morgan fingerprint density at radius 2 is 1.95 bits per heavy atom. The van der Waals surface area contributed by atoms with E-state index in [1.165, 1.54) is 17.7 Å². The maximum absolute atomic E-state index is 14.4. The highest BCUT2D eigenvalue weighted by molar-refractivity contribution is 5.93. The Hall–Kier alpha value is -3.41. The molecule has 1 aliphatic heterocycles. The molecule has 2 aromatic rings. The van der Waals surface area contributed by atoms with Crippen LogP contribution in [0.5, 0.6) is 5.75 Å². The molecule has 1 heterocycles. The first kappa shape index (κ1) is 28.6. The minimum absolute atomic E-state index is 0.177. The van der Waals surface area contributed by atoms with E-state index in [0.29, 0.717) is 50.3 Å². The third kappa shape index (κ3) is 7.81. The molecule has 3 unspecified atom stereocenters. The quantitative estimate of drug-likeness (QED) is 0.409. The number of carbonyl (C=O) groups is 2. The topological polar surface area (TPSA) is 99.7 Å². The van der Waals surface area contributed by atoms with Crippen LogP contribution < -0.4 is 20.7 Å². The second kappa shape index (κ2) is 13.6. The smallest absolute Gasteiger partial charge is 0.224 e. The lowest BCUT2D eigenvalue weighted by Gasteiger charge is -2.25. The molecule has 7 nitrogen and oxygen atoms in total. The summed E-state index contributed by atoms with van der Waals surface area (Å²) in [6.45, 7) is 3.70. The Balaban J connectivity index is 1.51. The summed E-state index contributed by atoms with van der Waals surface area (Å²) < 4.78 is 20.2. The van der Waals surface area contributed by atoms with Gasteiger partial charge in [-0.15, -0.1) is 12.3 Å². The number of aliphatic hydroxyl groups excluding tert-OH is 1. The highest BCUT2D eigenvalue weighted by atomic mass is 19.1. The van der Waals surface area contributed by atoms with Gasteiger partial charge < -0.3 is 25.8 Å². The SMILES string of the molecule is C#CCC1C2C(=O)NCCCCOc3cc(F)cc(c3)C[C@@H]([C@H](O)CNCc3cccc(CC)c3)NC(=O)C12. The monoisotopic (exact) mass is 535 g/mol. The third-order valence-corrected chi connectivity index (χ3v) is 7.53. The maximum Gasteiger partial charge on any atom is 0.224 e. The van der Waals surface area contributed by atoms with Gasteiger partial charge in [0.25, 0.3) is 0 Å². The number of terminal acetylenes is 1. The van der Waals surface area contributed by atoms with E-state index in [2.05, 4.69) is 40.9 Å². The molecule has 0 spiro atoms. The van der Waals surface area contributed by atoms with Gasteiger partial charge in [-0.25, -0.2) is 4.39 Å². The first-order valence-corrected chi connectivity index (χ1v) is 13.8. The molecule has 5 atom stereocenters. The largest absolute Gasteiger partial charge is 0.493 e. The highest BCUT2D eigenvalue weighted by Gasteiger charge is 2.58. The van der Waals surface area contributed by atoms with Crippen molar-refractivity contribution >= 4 is 11.8 Å². The summed E-state index contributed by atoms with van der Waals surface area (Å²) in [4.78, 5) is 26.2. The van der Waals surface area contributed by atoms with Crippen molar-refractivity contribution in [2.75, 3.05) is 19.7 Å². The number of hydrogen-bond donors (Lipinski definition) is 4. The number of aryl methyl sites for hydroxylation is 1. The van der Waals surface area contributed by atoms with Crippen molar-refractivity contribution in [3.63, 3.8) is 0 Å². The first-order chi connectivity index (χ1) is 18.9. The number of halogens is 1. The Morgan fingerprint density at radius 1 is 1.15 bits per heavy atom. The van der Waals surface area contributed by atoms with Crippen LogP contribution >= 0.6 is 0 Å². The Kier molecular flexibility index (Phi) is 9.96. The molecule has 2 bridgehead atoms. The molecule has 0 radical (unpaired) electrons. The molecule has 1 aliphatic carbocycles. The van der Waals surface area contributed by atoms with E-state index in [9.17, 15) is 19.1 Å². The Labute approximate surface area is 229 Å². The van der Waals surface area contributed by atoms with Crippen molar-refractivity contribution in [1.82, 2.24) is 16.0 Å². The van der Waals surface area contributed by atoms with Gasteiger partial charge in [-0.05, 0) is 60.4 Å². The predicted molar refractivity (Wildman–Crippen MR) is 147 cm³/mol. The van der Waals surface area contributed by atoms with Gasteiger partial charge in [0.05, 0.1) is 30.6 Å². The van der Waals surface area contributed by atoms with Crippen molar-refractivity contribution in [3.8, 4) is 18.1 Å². The van der Waals surface area contributed by atoms with Crippen LogP contribution in [-0.2, 0) is 29.0 Å². The standard InChI is InChI=1S/C31H38FN3O4/c1-3-8-25-28-29(25)31(38)35-26(27(36)19-33-18-21-10-7-9-20(4-2)13-21)16-22-14-23(32)17-24(15-22)39-12-6-5-11-34-30(28)37/h1,7,9-10,13-15,17,25-29,33,36H,4-6,8,11-12,16,18-19H2,2H3,(H,34,37)(H,35,38)/t25?,26-,27+,28?,29?/m0/s1. The number of rotatable bonds is 7. The number of amides is 2. The summed E-state index contributed by atoms with van der Waals surface area (Å²) in [7, 11) is 0. The molecule has 0 aromatic heterocycles. The van der Waals surface area contributed by atoms with Gasteiger partial charge in [0.2, 0.25) is 11.8 Å². The Morgan fingerprint density at radius 3 is 2.74 bits per heavy atom. The zero-order valence-corrected chi connectivity index (χ0v) is 22.4. The van der Waals surface area contributed by atoms with E-state index in [-0.39, 0.29) is 30.7 Å². The molecular weight excluding hydrogens is 497 g/mol. The normalized spacial score (nSPS) is 24.4. The molecular formula is C31H38FN3O4. The molecule has 2 amide bonds. The number of fused-ring (bicyclic) bond motifs is 3. The van der Waals surface area contributed by atoms with Crippen LogP contribution in [0.15, 0.2) is 42.5 Å². The number of carbonyl (C=O) groups excluding carboxylic acids is 2. The number of hydrogen-bond acceptors (Lipinski definition) is 5. The summed E-state index contributed by atoms with van der Waals surface area (Å²) in [5.41, 5.74) is 2.93. The maximum atomic E-state index is 14.4. The fraction of sp³-hybridized carbons (Fsp3) is 0.484. The van der Waals surface area contributed by atoms with Gasteiger partial charge in [-0.2, -0.15) is 0 Å². The molecule has 4 rings (SSSR count). The number of nitrogens with one attached hydrogen (secondary N) is 3. The summed E-state index contributed by atoms with van der Waals surface area (Å²) in [6.07, 6.45) is 7.38. The molecule has 1 saturated carbocycles. The van der Waals surface area contributed by atoms with Crippen LogP contribution in [0.4, 0.5) is 4.39 Å². The van der Waals surface area contributed by atoms with E-state index in [0.717, 1.165) is 12.0 Å². The van der Waals surface area contributed by atoms with E-state index >= 15 is 0 Å². The highest BCUT2D eigenvalue weighted by Crippen LogP contribution is 2.49. The molecule has 0 saturated heterocycles. The minimum atomic E-state index is -0.966. The second-order valence-corrected chi connectivity index (χ2v) is 10.5. The summed E-state index contributed by atoms with van der Waals surface area (Å²) in [5.74, 6) is 0.740. The molecule has 208 valence electrons. The zero-order valence-electron chi connectivity index (χ0n) is 22.4. The summed E-state index contributed by atoms with van der Waals surface area (Å²) in [6, 6.07) is 12.0. The van der Waals surface area contributed by atoms with Crippen molar-refractivity contribution < 1.29 is 23.8 Å². The minimum Gasteiger partial charge on any atom is -0.493 e. The van der Waals surface area contributed by atoms with Gasteiger partial charge in [0.1, 0.15) is 11.6 Å². The van der Waals surface area contributed by atoms with E-state index in [4.69, 9.17) is 11.2 Å². The average molecular weight is 536 g/mol. The van der Waals surface area contributed by atoms with Crippen molar-refractivity contribution in [3.05, 3.63) is 65.0 Å². The average Bonchev–Trinajstić information content (AvgIpc) is 3.63. The second-order valence-electron chi connectivity index (χ2n) is 10.5. The van der Waals surface area contributed by atoms with Crippen molar-refractivity contribution in [2.24, 2.45) is 17.8 Å². The fourth-order valence-corrected chi connectivity index (χ4v) is 5.33. The number of ether oxygens (including phenoxy) is 1. The molecule has 1 fully saturated rings. The van der Waals surface area contributed by atoms with E-state index in [1.54, 1.807) is 6.07 Å². The first-order valence-electron chi connectivity index (χ1n) is 13.8. The molecule has 2 aromatic carbocycles. The summed E-state index contributed by atoms with van der Waals surface area (Å²) >= 11 is 0. The van der Waals surface area contributed by atoms with E-state index < -0.39 is 29.8 Å². The summed E-state index contributed by atoms with van der Waals surface area (Å²) in [5, 5.41) is 20.3. The lowest BCUT2D eigenvalue weighted by atomic mass is 9.99. The van der Waals surface area contributed by atoms with Gasteiger partial charge in [0.15, 0.2) is 0 Å².